The van der Waals surface area contributed by atoms with E-state index < -0.39 is 6.09 Å². The topological polar surface area (TPSA) is 49.8 Å². The Bertz CT molecular complexity index is 958. The van der Waals surface area contributed by atoms with Gasteiger partial charge in [0.15, 0.2) is 0 Å². The minimum Gasteiger partial charge on any atom is -0.508 e. The molecule has 1 unspecified atom stereocenters. The average molecular weight is 391 g/mol. The molecule has 29 heavy (non-hydrogen) atoms. The monoisotopic (exact) mass is 391 g/mol. The third kappa shape index (κ3) is 4.24. The number of hydrogen-bond acceptors (Lipinski definition) is 3. The lowest BCUT2D eigenvalue weighted by Gasteiger charge is -2.25. The Morgan fingerprint density at radius 3 is 2.31 bits per heavy atom. The van der Waals surface area contributed by atoms with E-state index in [1.807, 2.05) is 18.2 Å². The van der Waals surface area contributed by atoms with Gasteiger partial charge in [-0.2, -0.15) is 0 Å². The van der Waals surface area contributed by atoms with Crippen LogP contribution in [0.15, 0.2) is 78.9 Å². The molecule has 0 spiro atoms. The molecule has 2 atom stereocenters. The first kappa shape index (κ1) is 19.0. The van der Waals surface area contributed by atoms with Crippen LogP contribution >= 0.6 is 0 Å². The number of anilines is 1. The number of amides is 1. The zero-order valence-electron chi connectivity index (χ0n) is 15.9. The number of rotatable bonds is 6. The molecule has 1 saturated heterocycles. The molecule has 1 aliphatic rings. The average Bonchev–Trinajstić information content (AvgIpc) is 3.06. The van der Waals surface area contributed by atoms with Crippen molar-refractivity contribution in [3.63, 3.8) is 0 Å². The predicted molar refractivity (Wildman–Crippen MR) is 109 cm³/mol. The van der Waals surface area contributed by atoms with Crippen LogP contribution in [0.25, 0.3) is 0 Å². The molecule has 4 rings (SSSR count). The van der Waals surface area contributed by atoms with Crippen LogP contribution in [0.5, 0.6) is 5.75 Å². The van der Waals surface area contributed by atoms with Crippen molar-refractivity contribution in [3.05, 3.63) is 95.8 Å². The van der Waals surface area contributed by atoms with E-state index in [2.05, 4.69) is 12.1 Å². The van der Waals surface area contributed by atoms with E-state index in [-0.39, 0.29) is 23.7 Å². The smallest absolute Gasteiger partial charge is 0.415 e. The van der Waals surface area contributed by atoms with E-state index in [4.69, 9.17) is 4.74 Å². The molecule has 0 saturated carbocycles. The fourth-order valence-corrected chi connectivity index (χ4v) is 3.80. The minimum absolute atomic E-state index is 0.160. The Morgan fingerprint density at radius 1 is 0.931 bits per heavy atom. The summed E-state index contributed by atoms with van der Waals surface area (Å²) in [6.07, 6.45) is 1.69. The second-order valence-electron chi connectivity index (χ2n) is 7.18. The van der Waals surface area contributed by atoms with Crippen molar-refractivity contribution in [2.45, 2.75) is 31.4 Å². The van der Waals surface area contributed by atoms with Crippen LogP contribution in [0.3, 0.4) is 0 Å². The van der Waals surface area contributed by atoms with Crippen molar-refractivity contribution in [1.82, 2.24) is 0 Å². The van der Waals surface area contributed by atoms with Crippen LogP contribution in [0.4, 0.5) is 14.9 Å². The molecular formula is C24H22FNO3. The maximum atomic E-state index is 13.4. The Balaban J connectivity index is 1.58. The maximum absolute atomic E-state index is 13.4. The highest BCUT2D eigenvalue weighted by atomic mass is 19.1. The van der Waals surface area contributed by atoms with Crippen molar-refractivity contribution in [2.24, 2.45) is 0 Å². The second-order valence-corrected chi connectivity index (χ2v) is 7.18. The van der Waals surface area contributed by atoms with Crippen LogP contribution in [-0.2, 0) is 11.2 Å². The van der Waals surface area contributed by atoms with Gasteiger partial charge in [0.05, 0.1) is 0 Å². The largest absolute Gasteiger partial charge is 0.508 e. The zero-order valence-corrected chi connectivity index (χ0v) is 15.9. The van der Waals surface area contributed by atoms with Crippen LogP contribution in [-0.4, -0.2) is 17.3 Å². The van der Waals surface area contributed by atoms with Gasteiger partial charge < -0.3 is 9.84 Å². The Labute approximate surface area is 169 Å². The van der Waals surface area contributed by atoms with Crippen molar-refractivity contribution < 1.29 is 19.0 Å². The Hall–Kier alpha value is -3.34. The molecule has 148 valence electrons. The van der Waals surface area contributed by atoms with Gasteiger partial charge in [0.2, 0.25) is 0 Å². The predicted octanol–water partition coefficient (Wildman–Crippen LogP) is 5.62. The first-order valence-electron chi connectivity index (χ1n) is 9.70. The van der Waals surface area contributed by atoms with Crippen molar-refractivity contribution in [3.8, 4) is 5.75 Å². The SMILES string of the molecule is O=C1OC(CCCc2ccccc2)[C@@H](c2ccc(O)cc2)N1c1ccc(F)cc1. The van der Waals surface area contributed by atoms with E-state index in [0.717, 1.165) is 18.4 Å². The van der Waals surface area contributed by atoms with Crippen LogP contribution < -0.4 is 4.90 Å². The summed E-state index contributed by atoms with van der Waals surface area (Å²) in [5.41, 5.74) is 2.69. The molecule has 3 aromatic carbocycles. The van der Waals surface area contributed by atoms with E-state index in [0.29, 0.717) is 12.1 Å². The van der Waals surface area contributed by atoms with E-state index >= 15 is 0 Å². The second kappa shape index (κ2) is 8.35. The molecule has 0 radical (unpaired) electrons. The normalized spacial score (nSPS) is 18.7. The molecule has 5 heteroatoms. The summed E-state index contributed by atoms with van der Waals surface area (Å²) < 4.78 is 19.1. The summed E-state index contributed by atoms with van der Waals surface area (Å²) in [4.78, 5) is 14.3. The molecule has 1 N–H and O–H groups in total. The highest BCUT2D eigenvalue weighted by Crippen LogP contribution is 2.39. The van der Waals surface area contributed by atoms with Gasteiger partial charge in [-0.15, -0.1) is 0 Å². The highest BCUT2D eigenvalue weighted by molar-refractivity contribution is 5.91. The van der Waals surface area contributed by atoms with Gasteiger partial charge in [-0.25, -0.2) is 9.18 Å². The Kier molecular flexibility index (Phi) is 5.47. The maximum Gasteiger partial charge on any atom is 0.415 e. The van der Waals surface area contributed by atoms with E-state index in [1.54, 1.807) is 41.3 Å². The number of ether oxygens (including phenoxy) is 1. The molecule has 1 heterocycles. The summed E-state index contributed by atoms with van der Waals surface area (Å²) in [6.45, 7) is 0. The van der Waals surface area contributed by atoms with Gasteiger partial charge in [0.1, 0.15) is 23.7 Å². The van der Waals surface area contributed by atoms with Gasteiger partial charge in [-0.3, -0.25) is 4.90 Å². The van der Waals surface area contributed by atoms with Gasteiger partial charge in [0.25, 0.3) is 0 Å². The summed E-state index contributed by atoms with van der Waals surface area (Å²) in [5.74, 6) is -0.199. The number of aryl methyl sites for hydroxylation is 1. The summed E-state index contributed by atoms with van der Waals surface area (Å²) >= 11 is 0. The lowest BCUT2D eigenvalue weighted by atomic mass is 9.95. The molecule has 1 amide bonds. The van der Waals surface area contributed by atoms with Crippen molar-refractivity contribution in [1.29, 1.82) is 0 Å². The number of cyclic esters (lactones) is 1. The molecule has 0 aliphatic carbocycles. The zero-order chi connectivity index (χ0) is 20.2. The number of carbonyl (C=O) groups excluding carboxylic acids is 1. The number of aromatic hydroxyl groups is 1. The third-order valence-electron chi connectivity index (χ3n) is 5.22. The molecule has 1 fully saturated rings. The number of carbonyl (C=O) groups is 1. The fraction of sp³-hybridized carbons (Fsp3) is 0.208. The Morgan fingerprint density at radius 2 is 1.62 bits per heavy atom. The van der Waals surface area contributed by atoms with Gasteiger partial charge in [-0.05, 0) is 66.8 Å². The molecule has 4 nitrogen and oxygen atoms in total. The van der Waals surface area contributed by atoms with Gasteiger partial charge >= 0.3 is 6.09 Å². The van der Waals surface area contributed by atoms with Crippen molar-refractivity contribution in [2.75, 3.05) is 4.90 Å². The quantitative estimate of drug-likeness (QED) is 0.593. The molecular weight excluding hydrogens is 369 g/mol. The number of halogens is 1. The molecule has 3 aromatic rings. The first-order chi connectivity index (χ1) is 14.1. The third-order valence-corrected chi connectivity index (χ3v) is 5.22. The number of nitrogens with zero attached hydrogens (tertiary/aromatic N) is 1. The summed E-state index contributed by atoms with van der Waals surface area (Å²) in [6, 6.07) is 22.5. The molecule has 0 bridgehead atoms. The van der Waals surface area contributed by atoms with Gasteiger partial charge in [0, 0.05) is 5.69 Å². The first-order valence-corrected chi connectivity index (χ1v) is 9.70. The van der Waals surface area contributed by atoms with Crippen LogP contribution in [0.1, 0.15) is 30.0 Å². The number of hydrogen-bond donors (Lipinski definition) is 1. The number of phenolic OH excluding ortho intramolecular Hbond substituents is 1. The fourth-order valence-electron chi connectivity index (χ4n) is 3.80. The van der Waals surface area contributed by atoms with Crippen LogP contribution in [0.2, 0.25) is 0 Å². The number of benzene rings is 3. The minimum atomic E-state index is -0.445. The lowest BCUT2D eigenvalue weighted by Crippen LogP contribution is -2.29. The van der Waals surface area contributed by atoms with Crippen LogP contribution in [0, 0.1) is 5.82 Å². The van der Waals surface area contributed by atoms with Gasteiger partial charge in [-0.1, -0.05) is 42.5 Å². The number of phenols is 1. The molecule has 0 aromatic heterocycles. The van der Waals surface area contributed by atoms with E-state index in [1.165, 1.54) is 17.7 Å². The standard InChI is InChI=1S/C24H22FNO3/c25-19-11-13-20(14-12-19)26-23(18-9-15-21(27)16-10-18)22(29-24(26)28)8-4-7-17-5-2-1-3-6-17/h1-3,5-6,9-16,22-23,27H,4,7-8H2/t22?,23-/m1/s1. The lowest BCUT2D eigenvalue weighted by molar-refractivity contribution is 0.125. The summed E-state index contributed by atoms with van der Waals surface area (Å²) in [7, 11) is 0. The van der Waals surface area contributed by atoms with E-state index in [9.17, 15) is 14.3 Å². The molecule has 1 aliphatic heterocycles. The van der Waals surface area contributed by atoms with Crippen molar-refractivity contribution >= 4 is 11.8 Å². The highest BCUT2D eigenvalue weighted by Gasteiger charge is 2.43. The summed E-state index contributed by atoms with van der Waals surface area (Å²) in [5, 5.41) is 9.64.